The Bertz CT molecular complexity index is 967. The number of rotatable bonds is 5. The number of benzene rings is 1. The third kappa shape index (κ3) is 4.48. The van der Waals surface area contributed by atoms with Crippen LogP contribution in [0.1, 0.15) is 5.56 Å². The molecule has 6 nitrogen and oxygen atoms in total. The van der Waals surface area contributed by atoms with Crippen molar-refractivity contribution in [1.82, 2.24) is 19.7 Å². The number of hydrogen-bond acceptors (Lipinski definition) is 4. The summed E-state index contributed by atoms with van der Waals surface area (Å²) in [5.41, 5.74) is 0.847. The first kappa shape index (κ1) is 19.4. The lowest BCUT2D eigenvalue weighted by Gasteiger charge is -2.12. The zero-order valence-electron chi connectivity index (χ0n) is 15.2. The number of carbonyl (C=O) groups excluding carboxylic acids is 1. The number of pyridine rings is 1. The molecule has 0 unspecified atom stereocenters. The van der Waals surface area contributed by atoms with Gasteiger partial charge < -0.3 is 10.2 Å². The number of alkyl halides is 3. The van der Waals surface area contributed by atoms with Crippen molar-refractivity contribution in [2.75, 3.05) is 19.4 Å². The summed E-state index contributed by atoms with van der Waals surface area (Å²) in [7, 11) is 3.27. The molecule has 1 amide bonds. The van der Waals surface area contributed by atoms with Crippen LogP contribution in [0.15, 0.2) is 54.9 Å². The molecule has 0 fully saturated rings. The highest BCUT2D eigenvalue weighted by Gasteiger charge is 2.30. The molecule has 9 heteroatoms. The van der Waals surface area contributed by atoms with Gasteiger partial charge in [-0.25, -0.2) is 0 Å². The molecule has 0 atom stereocenters. The molecule has 1 aromatic carbocycles. The molecule has 3 rings (SSSR count). The average molecular weight is 389 g/mol. The Hall–Kier alpha value is -3.36. The maximum absolute atomic E-state index is 12.9. The highest BCUT2D eigenvalue weighted by atomic mass is 19.4. The first-order valence-electron chi connectivity index (χ1n) is 8.37. The Labute approximate surface area is 159 Å². The van der Waals surface area contributed by atoms with E-state index in [1.54, 1.807) is 38.6 Å². The van der Waals surface area contributed by atoms with Crippen LogP contribution in [0.5, 0.6) is 0 Å². The summed E-state index contributed by atoms with van der Waals surface area (Å²) >= 11 is 0. The molecule has 0 saturated heterocycles. The third-order valence-electron chi connectivity index (χ3n) is 3.98. The van der Waals surface area contributed by atoms with E-state index in [4.69, 9.17) is 0 Å². The van der Waals surface area contributed by atoms with Gasteiger partial charge in [-0.15, -0.1) is 0 Å². The Morgan fingerprint density at radius 2 is 1.96 bits per heavy atom. The van der Waals surface area contributed by atoms with E-state index < -0.39 is 11.7 Å². The number of halogens is 3. The number of nitrogens with zero attached hydrogens (tertiary/aromatic N) is 4. The van der Waals surface area contributed by atoms with Crippen LogP contribution < -0.4 is 5.32 Å². The number of anilines is 2. The van der Waals surface area contributed by atoms with E-state index in [1.165, 1.54) is 21.7 Å². The zero-order chi connectivity index (χ0) is 20.3. The second-order valence-electron chi connectivity index (χ2n) is 6.31. The number of carbonyl (C=O) groups is 1. The Balaban J connectivity index is 1.94. The van der Waals surface area contributed by atoms with Crippen LogP contribution in [0.25, 0.3) is 11.3 Å². The molecule has 2 heterocycles. The summed E-state index contributed by atoms with van der Waals surface area (Å²) in [6.07, 6.45) is -1.19. The van der Waals surface area contributed by atoms with Gasteiger partial charge >= 0.3 is 6.18 Å². The quantitative estimate of drug-likeness (QED) is 0.721. The lowest BCUT2D eigenvalue weighted by atomic mass is 10.2. The first-order chi connectivity index (χ1) is 13.2. The van der Waals surface area contributed by atoms with Crippen LogP contribution in [-0.4, -0.2) is 39.7 Å². The normalized spacial score (nSPS) is 11.3. The van der Waals surface area contributed by atoms with Crippen LogP contribution in [0.4, 0.5) is 24.7 Å². The molecular formula is C19H18F3N5O. The van der Waals surface area contributed by atoms with Gasteiger partial charge in [0.25, 0.3) is 0 Å². The molecule has 3 aromatic rings. The molecule has 0 bridgehead atoms. The van der Waals surface area contributed by atoms with Crippen molar-refractivity contribution in [2.24, 2.45) is 0 Å². The molecule has 28 heavy (non-hydrogen) atoms. The molecule has 0 radical (unpaired) electrons. The van der Waals surface area contributed by atoms with Gasteiger partial charge in [-0.3, -0.25) is 14.5 Å². The van der Waals surface area contributed by atoms with E-state index in [0.717, 1.165) is 17.7 Å². The smallest absolute Gasteiger partial charge is 0.347 e. The number of amides is 1. The summed E-state index contributed by atoms with van der Waals surface area (Å²) in [5, 5.41) is 7.22. The van der Waals surface area contributed by atoms with Crippen molar-refractivity contribution in [3.05, 3.63) is 60.4 Å². The monoisotopic (exact) mass is 389 g/mol. The Morgan fingerprint density at radius 3 is 2.61 bits per heavy atom. The minimum Gasteiger partial charge on any atom is -0.347 e. The minimum atomic E-state index is -4.43. The van der Waals surface area contributed by atoms with Crippen molar-refractivity contribution in [2.45, 2.75) is 12.7 Å². The van der Waals surface area contributed by atoms with Crippen LogP contribution in [0.2, 0.25) is 0 Å². The van der Waals surface area contributed by atoms with E-state index in [-0.39, 0.29) is 18.1 Å². The van der Waals surface area contributed by atoms with Gasteiger partial charge in [0.2, 0.25) is 5.91 Å². The van der Waals surface area contributed by atoms with Crippen molar-refractivity contribution in [1.29, 1.82) is 0 Å². The number of hydrogen-bond donors (Lipinski definition) is 1. The van der Waals surface area contributed by atoms with E-state index in [2.05, 4.69) is 15.4 Å². The minimum absolute atomic E-state index is 0.0124. The Morgan fingerprint density at radius 1 is 1.18 bits per heavy atom. The van der Waals surface area contributed by atoms with Gasteiger partial charge in [-0.05, 0) is 30.3 Å². The van der Waals surface area contributed by atoms with Gasteiger partial charge in [0.1, 0.15) is 6.54 Å². The van der Waals surface area contributed by atoms with Crippen molar-refractivity contribution < 1.29 is 18.0 Å². The van der Waals surface area contributed by atoms with E-state index >= 15 is 0 Å². The molecule has 0 aliphatic rings. The van der Waals surface area contributed by atoms with E-state index in [1.807, 2.05) is 6.07 Å². The zero-order valence-corrected chi connectivity index (χ0v) is 15.2. The Kier molecular flexibility index (Phi) is 5.34. The fourth-order valence-electron chi connectivity index (χ4n) is 2.54. The summed E-state index contributed by atoms with van der Waals surface area (Å²) < 4.78 is 40.3. The molecular weight excluding hydrogens is 371 g/mol. The number of nitrogens with one attached hydrogen (secondary N) is 1. The predicted octanol–water partition coefficient (Wildman–Crippen LogP) is 3.80. The van der Waals surface area contributed by atoms with Gasteiger partial charge in [-0.1, -0.05) is 6.07 Å². The maximum Gasteiger partial charge on any atom is 0.416 e. The average Bonchev–Trinajstić information content (AvgIpc) is 3.04. The molecule has 146 valence electrons. The highest BCUT2D eigenvalue weighted by molar-refractivity contribution is 5.77. The van der Waals surface area contributed by atoms with Gasteiger partial charge in [0, 0.05) is 43.8 Å². The molecule has 0 aliphatic carbocycles. The van der Waals surface area contributed by atoms with Crippen LogP contribution in [0.3, 0.4) is 0 Å². The van der Waals surface area contributed by atoms with E-state index in [9.17, 15) is 18.0 Å². The van der Waals surface area contributed by atoms with Crippen molar-refractivity contribution >= 4 is 17.4 Å². The number of likely N-dealkylation sites (N-methyl/N-ethyl adjacent to an activating group) is 1. The molecule has 0 aliphatic heterocycles. The maximum atomic E-state index is 12.9. The molecule has 0 spiro atoms. The van der Waals surface area contributed by atoms with Gasteiger partial charge in [0.15, 0.2) is 5.82 Å². The van der Waals surface area contributed by atoms with Crippen LogP contribution >= 0.6 is 0 Å². The SMILES string of the molecule is CN(C)C(=O)Cn1nc(Nc2cccc(C(F)(F)F)c2)cc1-c1cccnc1. The van der Waals surface area contributed by atoms with Crippen molar-refractivity contribution in [3.63, 3.8) is 0 Å². The van der Waals surface area contributed by atoms with Crippen LogP contribution in [-0.2, 0) is 17.5 Å². The molecule has 2 aromatic heterocycles. The summed E-state index contributed by atoms with van der Waals surface area (Å²) in [6, 6.07) is 10.1. The molecule has 0 saturated carbocycles. The van der Waals surface area contributed by atoms with Crippen molar-refractivity contribution in [3.8, 4) is 11.3 Å². The summed E-state index contributed by atoms with van der Waals surface area (Å²) in [6.45, 7) is -0.0124. The fourth-order valence-corrected chi connectivity index (χ4v) is 2.54. The highest BCUT2D eigenvalue weighted by Crippen LogP contribution is 2.32. The largest absolute Gasteiger partial charge is 0.416 e. The third-order valence-corrected chi connectivity index (χ3v) is 3.98. The van der Waals surface area contributed by atoms with Crippen LogP contribution in [0, 0.1) is 0 Å². The van der Waals surface area contributed by atoms with Gasteiger partial charge in [-0.2, -0.15) is 18.3 Å². The summed E-state index contributed by atoms with van der Waals surface area (Å²) in [5.74, 6) is 0.156. The first-order valence-corrected chi connectivity index (χ1v) is 8.37. The second-order valence-corrected chi connectivity index (χ2v) is 6.31. The fraction of sp³-hybridized carbons (Fsp3) is 0.211. The topological polar surface area (TPSA) is 63.1 Å². The number of aromatic nitrogens is 3. The second kappa shape index (κ2) is 7.71. The van der Waals surface area contributed by atoms with E-state index in [0.29, 0.717) is 11.5 Å². The standard InChI is InChI=1S/C19H18F3N5O/c1-26(2)18(28)12-27-16(13-5-4-8-23-11-13)10-17(25-27)24-15-7-3-6-14(9-15)19(20,21)22/h3-11H,12H2,1-2H3,(H,24,25). The van der Waals surface area contributed by atoms with Gasteiger partial charge in [0.05, 0.1) is 11.3 Å². The lowest BCUT2D eigenvalue weighted by molar-refractivity contribution is -0.137. The summed E-state index contributed by atoms with van der Waals surface area (Å²) in [4.78, 5) is 17.6. The lowest BCUT2D eigenvalue weighted by Crippen LogP contribution is -2.27. The predicted molar refractivity (Wildman–Crippen MR) is 98.9 cm³/mol. The molecule has 1 N–H and O–H groups in total.